The van der Waals surface area contributed by atoms with Crippen molar-refractivity contribution >= 4 is 17.7 Å². The second-order valence-corrected chi connectivity index (χ2v) is 6.33. The maximum atomic E-state index is 10.6. The second kappa shape index (κ2) is 10.5. The van der Waals surface area contributed by atoms with Gasteiger partial charge in [0.2, 0.25) is 0 Å². The van der Waals surface area contributed by atoms with Crippen LogP contribution in [0.25, 0.3) is 11.3 Å². The van der Waals surface area contributed by atoms with Gasteiger partial charge in [-0.05, 0) is 6.42 Å². The lowest BCUT2D eigenvalue weighted by atomic mass is 10.1. The van der Waals surface area contributed by atoms with Gasteiger partial charge >= 0.3 is 6.09 Å². The smallest absolute Gasteiger partial charge is 0.404 e. The van der Waals surface area contributed by atoms with Crippen molar-refractivity contribution in [1.29, 1.82) is 5.26 Å². The van der Waals surface area contributed by atoms with Gasteiger partial charge in [0.1, 0.15) is 29.1 Å². The van der Waals surface area contributed by atoms with Crippen molar-refractivity contribution in [3.8, 4) is 34.6 Å². The summed E-state index contributed by atoms with van der Waals surface area (Å²) < 4.78 is 16.7. The highest BCUT2D eigenvalue weighted by molar-refractivity contribution is 5.77. The molecule has 0 spiro atoms. The number of rotatable bonds is 10. The zero-order valence-electron chi connectivity index (χ0n) is 17.4. The van der Waals surface area contributed by atoms with E-state index in [2.05, 4.69) is 30.8 Å². The molecule has 2 heterocycles. The van der Waals surface area contributed by atoms with Gasteiger partial charge in [-0.2, -0.15) is 10.4 Å². The van der Waals surface area contributed by atoms with Crippen molar-refractivity contribution in [3.05, 3.63) is 36.3 Å². The zero-order chi connectivity index (χ0) is 22.9. The quantitative estimate of drug-likeness (QED) is 0.345. The lowest BCUT2D eigenvalue weighted by Gasteiger charge is -2.15. The first-order valence-corrected chi connectivity index (χ1v) is 9.44. The fraction of sp³-hybridized carbons (Fsp3) is 0.250. The number of carboxylic acid groups (broad SMARTS) is 1. The molecular formula is C20H21N7O5. The molecule has 0 saturated carbocycles. The van der Waals surface area contributed by atoms with E-state index in [1.807, 2.05) is 6.07 Å². The molecular weight excluding hydrogens is 418 g/mol. The maximum Gasteiger partial charge on any atom is 0.404 e. The van der Waals surface area contributed by atoms with Crippen LogP contribution in [-0.4, -0.2) is 58.7 Å². The van der Waals surface area contributed by atoms with Gasteiger partial charge in [0.05, 0.1) is 44.5 Å². The van der Waals surface area contributed by atoms with Crippen LogP contribution >= 0.6 is 0 Å². The highest BCUT2D eigenvalue weighted by Crippen LogP contribution is 2.41. The molecule has 0 aliphatic rings. The van der Waals surface area contributed by atoms with Crippen LogP contribution in [0.3, 0.4) is 0 Å². The molecule has 12 nitrogen and oxygen atoms in total. The van der Waals surface area contributed by atoms with Gasteiger partial charge in [0.25, 0.3) is 0 Å². The van der Waals surface area contributed by atoms with E-state index >= 15 is 0 Å². The molecule has 0 radical (unpaired) electrons. The van der Waals surface area contributed by atoms with Crippen LogP contribution in [0.15, 0.2) is 30.6 Å². The number of benzene rings is 1. The highest BCUT2D eigenvalue weighted by Gasteiger charge is 2.18. The highest BCUT2D eigenvalue weighted by atomic mass is 16.5. The Labute approximate surface area is 183 Å². The molecule has 1 amide bonds. The lowest BCUT2D eigenvalue weighted by molar-refractivity contribution is 0.193. The minimum atomic E-state index is -1.09. The molecule has 4 N–H and O–H groups in total. The summed E-state index contributed by atoms with van der Waals surface area (Å²) in [6.45, 7) is 0.527. The topological polar surface area (TPSA) is 167 Å². The number of hydrogen-bond donors (Lipinski definition) is 4. The molecule has 0 saturated heterocycles. The second-order valence-electron chi connectivity index (χ2n) is 6.33. The van der Waals surface area contributed by atoms with E-state index < -0.39 is 6.09 Å². The fourth-order valence-electron chi connectivity index (χ4n) is 2.77. The number of hydrogen-bond acceptors (Lipinski definition) is 9. The first-order chi connectivity index (χ1) is 15.5. The largest absolute Gasteiger partial charge is 0.496 e. The van der Waals surface area contributed by atoms with Gasteiger partial charge in [-0.25, -0.2) is 14.8 Å². The minimum Gasteiger partial charge on any atom is -0.496 e. The van der Waals surface area contributed by atoms with Gasteiger partial charge in [0, 0.05) is 24.7 Å². The summed E-state index contributed by atoms with van der Waals surface area (Å²) in [6, 6.07) is 7.07. The van der Waals surface area contributed by atoms with Crippen molar-refractivity contribution in [3.63, 3.8) is 0 Å². The van der Waals surface area contributed by atoms with Crippen LogP contribution in [0.1, 0.15) is 12.1 Å². The Hall–Kier alpha value is -4.53. The van der Waals surface area contributed by atoms with Crippen molar-refractivity contribution in [2.45, 2.75) is 6.42 Å². The number of aromatic amines is 1. The Morgan fingerprint density at radius 1 is 1.16 bits per heavy atom. The molecule has 2 aromatic heterocycles. The van der Waals surface area contributed by atoms with Gasteiger partial charge < -0.3 is 30.0 Å². The Balaban J connectivity index is 1.83. The fourth-order valence-corrected chi connectivity index (χ4v) is 2.77. The number of aromatic nitrogens is 4. The number of amides is 1. The van der Waals surface area contributed by atoms with Crippen LogP contribution in [-0.2, 0) is 0 Å². The Bertz CT molecular complexity index is 1110. The number of carbonyl (C=O) groups is 1. The van der Waals surface area contributed by atoms with Crippen LogP contribution in [0.5, 0.6) is 17.2 Å². The number of nitrogens with one attached hydrogen (secondary N) is 3. The maximum absolute atomic E-state index is 10.6. The van der Waals surface area contributed by atoms with E-state index in [1.165, 1.54) is 26.6 Å². The van der Waals surface area contributed by atoms with Gasteiger partial charge in [-0.15, -0.1) is 0 Å². The van der Waals surface area contributed by atoms with Crippen LogP contribution in [0.2, 0.25) is 0 Å². The average molecular weight is 439 g/mol. The number of nitriles is 1. The standard InChI is InChI=1S/C20H21N7O5/c1-30-13-6-15(31-2)19(16(7-13)32-5-3-4-22-20(28)29)14-8-17(27-26-14)25-18-11-23-12(9-21)10-24-18/h6-8,10-11,22H,3-5H2,1-2H3,(H,28,29)(H2,24,25,26,27). The van der Waals surface area contributed by atoms with E-state index in [9.17, 15) is 4.79 Å². The molecule has 0 unspecified atom stereocenters. The predicted octanol–water partition coefficient (Wildman–Crippen LogP) is 2.54. The number of anilines is 2. The third-order valence-corrected chi connectivity index (χ3v) is 4.22. The molecule has 32 heavy (non-hydrogen) atoms. The van der Waals surface area contributed by atoms with Crippen molar-refractivity contribution in [1.82, 2.24) is 25.5 Å². The third-order valence-electron chi connectivity index (χ3n) is 4.22. The monoisotopic (exact) mass is 439 g/mol. The molecule has 1 aromatic carbocycles. The number of ether oxygens (including phenoxy) is 3. The first-order valence-electron chi connectivity index (χ1n) is 9.44. The van der Waals surface area contributed by atoms with E-state index in [4.69, 9.17) is 24.6 Å². The molecule has 3 rings (SSSR count). The third kappa shape index (κ3) is 5.54. The lowest BCUT2D eigenvalue weighted by Crippen LogP contribution is -2.23. The Morgan fingerprint density at radius 3 is 2.62 bits per heavy atom. The number of methoxy groups -OCH3 is 2. The zero-order valence-corrected chi connectivity index (χ0v) is 17.4. The molecule has 0 aliphatic carbocycles. The van der Waals surface area contributed by atoms with Crippen LogP contribution in [0, 0.1) is 11.3 Å². The van der Waals surface area contributed by atoms with E-state index in [0.29, 0.717) is 46.6 Å². The molecule has 0 atom stereocenters. The summed E-state index contributed by atoms with van der Waals surface area (Å²) in [4.78, 5) is 18.6. The van der Waals surface area contributed by atoms with Crippen LogP contribution in [0.4, 0.5) is 16.4 Å². The Morgan fingerprint density at radius 2 is 1.97 bits per heavy atom. The van der Waals surface area contributed by atoms with E-state index in [0.717, 1.165) is 0 Å². The van der Waals surface area contributed by atoms with Crippen molar-refractivity contribution < 1.29 is 24.1 Å². The number of nitrogens with zero attached hydrogens (tertiary/aromatic N) is 4. The van der Waals surface area contributed by atoms with E-state index in [-0.39, 0.29) is 18.8 Å². The first kappa shape index (κ1) is 22.2. The molecule has 0 aliphatic heterocycles. The van der Waals surface area contributed by atoms with E-state index in [1.54, 1.807) is 18.2 Å². The number of H-pyrrole nitrogens is 1. The molecule has 0 fully saturated rings. The summed E-state index contributed by atoms with van der Waals surface area (Å²) >= 11 is 0. The summed E-state index contributed by atoms with van der Waals surface area (Å²) in [7, 11) is 3.06. The van der Waals surface area contributed by atoms with Crippen molar-refractivity contribution in [2.24, 2.45) is 0 Å². The average Bonchev–Trinajstić information content (AvgIpc) is 3.26. The van der Waals surface area contributed by atoms with Gasteiger partial charge in [0.15, 0.2) is 11.5 Å². The molecule has 12 heteroatoms. The van der Waals surface area contributed by atoms with Crippen molar-refractivity contribution in [2.75, 3.05) is 32.7 Å². The summed E-state index contributed by atoms with van der Waals surface area (Å²) in [5, 5.41) is 29.9. The molecule has 3 aromatic rings. The summed E-state index contributed by atoms with van der Waals surface area (Å²) in [5.41, 5.74) is 1.43. The molecule has 0 bridgehead atoms. The Kier molecular flexibility index (Phi) is 7.26. The summed E-state index contributed by atoms with van der Waals surface area (Å²) in [6.07, 6.45) is 2.17. The van der Waals surface area contributed by atoms with Gasteiger partial charge in [-0.3, -0.25) is 5.10 Å². The minimum absolute atomic E-state index is 0.210. The predicted molar refractivity (Wildman–Crippen MR) is 113 cm³/mol. The van der Waals surface area contributed by atoms with Crippen LogP contribution < -0.4 is 24.8 Å². The summed E-state index contributed by atoms with van der Waals surface area (Å²) in [5.74, 6) is 2.40. The van der Waals surface area contributed by atoms with Gasteiger partial charge in [-0.1, -0.05) is 0 Å². The molecule has 166 valence electrons. The normalized spacial score (nSPS) is 10.2. The SMILES string of the molecule is COc1cc(OC)c(-c2cc(Nc3cnc(C#N)cn3)n[nH]2)c(OCCCNC(=O)O)c1.